The quantitative estimate of drug-likeness (QED) is 0.563. The molecule has 4 rings (SSSR count). The molecule has 0 amide bonds. The monoisotopic (exact) mass is 314 g/mol. The molecule has 0 spiro atoms. The molecule has 0 atom stereocenters. The lowest BCUT2D eigenvalue weighted by atomic mass is 10.1. The highest BCUT2D eigenvalue weighted by molar-refractivity contribution is 6.09. The van der Waals surface area contributed by atoms with Gasteiger partial charge in [0.1, 0.15) is 0 Å². The second kappa shape index (κ2) is 6.30. The van der Waals surface area contributed by atoms with Crippen LogP contribution in [-0.4, -0.2) is 23.2 Å². The maximum atomic E-state index is 9.65. The van der Waals surface area contributed by atoms with Crippen LogP contribution in [0.2, 0.25) is 0 Å². The lowest BCUT2D eigenvalue weighted by molar-refractivity contribution is 0.306. The molecule has 0 saturated heterocycles. The van der Waals surface area contributed by atoms with Crippen LogP contribution in [0.15, 0.2) is 78.9 Å². The second-order valence-electron chi connectivity index (χ2n) is 5.71. The summed E-state index contributed by atoms with van der Waals surface area (Å²) < 4.78 is 0. The van der Waals surface area contributed by atoms with E-state index in [4.69, 9.17) is 4.98 Å². The van der Waals surface area contributed by atoms with Crippen molar-refractivity contribution < 1.29 is 5.11 Å². The molecule has 0 radical (unpaired) electrons. The van der Waals surface area contributed by atoms with Crippen LogP contribution in [0, 0.1) is 0 Å². The van der Waals surface area contributed by atoms with Crippen molar-refractivity contribution in [2.24, 2.45) is 0 Å². The molecule has 3 heteroatoms. The van der Waals surface area contributed by atoms with Crippen molar-refractivity contribution in [2.75, 3.05) is 18.1 Å². The van der Waals surface area contributed by atoms with Gasteiger partial charge in [-0.25, -0.2) is 4.98 Å². The Morgan fingerprint density at radius 3 is 1.83 bits per heavy atom. The Morgan fingerprint density at radius 1 is 0.708 bits per heavy atom. The molecule has 0 saturated carbocycles. The zero-order chi connectivity index (χ0) is 16.4. The third-order valence-electron chi connectivity index (χ3n) is 4.22. The summed E-state index contributed by atoms with van der Waals surface area (Å²) in [6.45, 7) is 0.613. The van der Waals surface area contributed by atoms with Crippen LogP contribution >= 0.6 is 0 Å². The van der Waals surface area contributed by atoms with Crippen LogP contribution in [0.4, 0.5) is 11.4 Å². The number of pyridine rings is 1. The van der Waals surface area contributed by atoms with E-state index >= 15 is 0 Å². The van der Waals surface area contributed by atoms with E-state index in [1.807, 2.05) is 54.6 Å². The Morgan fingerprint density at radius 2 is 1.25 bits per heavy atom. The van der Waals surface area contributed by atoms with Crippen LogP contribution in [-0.2, 0) is 0 Å². The first kappa shape index (κ1) is 14.7. The van der Waals surface area contributed by atoms with Gasteiger partial charge in [-0.2, -0.15) is 0 Å². The van der Waals surface area contributed by atoms with Gasteiger partial charge in [-0.05, 0) is 24.3 Å². The highest BCUT2D eigenvalue weighted by Crippen LogP contribution is 2.37. The molecule has 3 aromatic carbocycles. The Labute approximate surface area is 140 Å². The van der Waals surface area contributed by atoms with Crippen LogP contribution in [0.1, 0.15) is 0 Å². The van der Waals surface area contributed by atoms with E-state index in [9.17, 15) is 5.11 Å². The SMILES string of the molecule is OCCN(c1ccccc1)c1c2ccccc2nc2ccccc12. The lowest BCUT2D eigenvalue weighted by Gasteiger charge is -2.27. The van der Waals surface area contributed by atoms with Gasteiger partial charge in [0.05, 0.1) is 23.3 Å². The zero-order valence-electron chi connectivity index (χ0n) is 13.3. The number of para-hydroxylation sites is 3. The number of aliphatic hydroxyl groups is 1. The average Bonchev–Trinajstić information content (AvgIpc) is 2.65. The summed E-state index contributed by atoms with van der Waals surface area (Å²) in [6.07, 6.45) is 0. The topological polar surface area (TPSA) is 36.4 Å². The summed E-state index contributed by atoms with van der Waals surface area (Å²) in [5, 5.41) is 11.8. The molecule has 4 aromatic rings. The fraction of sp³-hybridized carbons (Fsp3) is 0.0952. The molecule has 0 unspecified atom stereocenters. The minimum atomic E-state index is 0.0832. The molecule has 0 fully saturated rings. The van der Waals surface area contributed by atoms with Gasteiger partial charge in [-0.15, -0.1) is 0 Å². The number of hydrogen-bond acceptors (Lipinski definition) is 3. The lowest BCUT2D eigenvalue weighted by Crippen LogP contribution is -2.21. The molecule has 0 bridgehead atoms. The van der Waals surface area contributed by atoms with Crippen molar-refractivity contribution in [1.29, 1.82) is 0 Å². The first-order valence-electron chi connectivity index (χ1n) is 8.09. The molecular formula is C21H18N2O. The molecule has 118 valence electrons. The number of anilines is 2. The fourth-order valence-electron chi connectivity index (χ4n) is 3.19. The summed E-state index contributed by atoms with van der Waals surface area (Å²) in [5.41, 5.74) is 4.08. The number of rotatable bonds is 4. The van der Waals surface area contributed by atoms with Crippen molar-refractivity contribution in [3.8, 4) is 0 Å². The largest absolute Gasteiger partial charge is 0.395 e. The first-order chi connectivity index (χ1) is 11.9. The zero-order valence-corrected chi connectivity index (χ0v) is 13.3. The number of aliphatic hydroxyl groups excluding tert-OH is 1. The predicted octanol–water partition coefficient (Wildman–Crippen LogP) is 4.52. The summed E-state index contributed by atoms with van der Waals surface area (Å²) in [6, 6.07) is 26.5. The van der Waals surface area contributed by atoms with Crippen molar-refractivity contribution >= 4 is 33.2 Å². The summed E-state index contributed by atoms with van der Waals surface area (Å²) in [4.78, 5) is 6.96. The van der Waals surface area contributed by atoms with E-state index in [-0.39, 0.29) is 6.61 Å². The van der Waals surface area contributed by atoms with Crippen LogP contribution < -0.4 is 4.90 Å². The van der Waals surface area contributed by atoms with Gasteiger partial charge in [0.15, 0.2) is 0 Å². The maximum absolute atomic E-state index is 9.65. The van der Waals surface area contributed by atoms with Crippen molar-refractivity contribution in [3.05, 3.63) is 78.9 Å². The van der Waals surface area contributed by atoms with Gasteiger partial charge in [0, 0.05) is 23.0 Å². The van der Waals surface area contributed by atoms with E-state index in [1.165, 1.54) is 0 Å². The number of benzene rings is 3. The molecule has 0 aliphatic rings. The number of nitrogens with zero attached hydrogens (tertiary/aromatic N) is 2. The van der Waals surface area contributed by atoms with E-state index in [2.05, 4.69) is 29.2 Å². The Kier molecular flexibility index (Phi) is 3.85. The maximum Gasteiger partial charge on any atom is 0.0730 e. The van der Waals surface area contributed by atoms with Crippen LogP contribution in [0.25, 0.3) is 21.8 Å². The smallest absolute Gasteiger partial charge is 0.0730 e. The van der Waals surface area contributed by atoms with Gasteiger partial charge >= 0.3 is 0 Å². The third kappa shape index (κ3) is 2.49. The highest BCUT2D eigenvalue weighted by Gasteiger charge is 2.16. The van der Waals surface area contributed by atoms with E-state index in [0.717, 1.165) is 33.2 Å². The normalized spacial score (nSPS) is 11.0. The van der Waals surface area contributed by atoms with Gasteiger partial charge in [-0.3, -0.25) is 0 Å². The molecule has 1 aromatic heterocycles. The second-order valence-corrected chi connectivity index (χ2v) is 5.71. The molecule has 24 heavy (non-hydrogen) atoms. The first-order valence-corrected chi connectivity index (χ1v) is 8.09. The summed E-state index contributed by atoms with van der Waals surface area (Å²) in [7, 11) is 0. The summed E-state index contributed by atoms with van der Waals surface area (Å²) in [5.74, 6) is 0. The number of aromatic nitrogens is 1. The third-order valence-corrected chi connectivity index (χ3v) is 4.22. The van der Waals surface area contributed by atoms with Gasteiger partial charge in [0.2, 0.25) is 0 Å². The fourth-order valence-corrected chi connectivity index (χ4v) is 3.19. The number of hydrogen-bond donors (Lipinski definition) is 1. The van der Waals surface area contributed by atoms with Crippen molar-refractivity contribution in [1.82, 2.24) is 4.98 Å². The van der Waals surface area contributed by atoms with Crippen LogP contribution in [0.5, 0.6) is 0 Å². The minimum Gasteiger partial charge on any atom is -0.395 e. The van der Waals surface area contributed by atoms with E-state index in [0.29, 0.717) is 6.54 Å². The van der Waals surface area contributed by atoms with Crippen molar-refractivity contribution in [2.45, 2.75) is 0 Å². The van der Waals surface area contributed by atoms with Gasteiger partial charge in [-0.1, -0.05) is 54.6 Å². The van der Waals surface area contributed by atoms with E-state index in [1.54, 1.807) is 0 Å². The molecular weight excluding hydrogens is 296 g/mol. The van der Waals surface area contributed by atoms with E-state index < -0.39 is 0 Å². The number of fused-ring (bicyclic) bond motifs is 2. The van der Waals surface area contributed by atoms with Gasteiger partial charge in [0.25, 0.3) is 0 Å². The molecule has 0 aliphatic heterocycles. The van der Waals surface area contributed by atoms with Crippen LogP contribution in [0.3, 0.4) is 0 Å². The Bertz CT molecular complexity index is 929. The van der Waals surface area contributed by atoms with Gasteiger partial charge < -0.3 is 10.0 Å². The predicted molar refractivity (Wildman–Crippen MR) is 99.8 cm³/mol. The Hall–Kier alpha value is -2.91. The summed E-state index contributed by atoms with van der Waals surface area (Å²) >= 11 is 0. The standard InChI is InChI=1S/C21H18N2O/c24-15-14-23(16-8-2-1-3-9-16)21-17-10-4-6-12-19(17)22-20-13-7-5-11-18(20)21/h1-13,24H,14-15H2. The highest BCUT2D eigenvalue weighted by atomic mass is 16.3. The molecule has 1 N–H and O–H groups in total. The molecule has 3 nitrogen and oxygen atoms in total. The average molecular weight is 314 g/mol. The Balaban J connectivity index is 2.07. The van der Waals surface area contributed by atoms with Crippen molar-refractivity contribution in [3.63, 3.8) is 0 Å². The molecule has 0 aliphatic carbocycles. The molecule has 1 heterocycles. The minimum absolute atomic E-state index is 0.0832.